The molecule has 4 rings (SSSR count). The molecule has 0 aliphatic heterocycles. The molecule has 0 spiro atoms. The van der Waals surface area contributed by atoms with Gasteiger partial charge < -0.3 is 10.2 Å². The average Bonchev–Trinajstić information content (AvgIpc) is 2.91. The van der Waals surface area contributed by atoms with Gasteiger partial charge in [-0.1, -0.05) is 126 Å². The Morgan fingerprint density at radius 1 is 0.512 bits per heavy atom. The number of hydrogen-bond acceptors (Lipinski definition) is 4. The van der Waals surface area contributed by atoms with Crippen LogP contribution >= 0.6 is 0 Å². The summed E-state index contributed by atoms with van der Waals surface area (Å²) < 4.78 is 0. The Labute approximate surface area is 255 Å². The summed E-state index contributed by atoms with van der Waals surface area (Å²) in [6, 6.07) is 31.0. The number of aromatic hydroxyl groups is 2. The van der Waals surface area contributed by atoms with Crippen LogP contribution in [0.1, 0.15) is 87.0 Å². The van der Waals surface area contributed by atoms with E-state index in [1.54, 1.807) is 12.4 Å². The molecule has 0 saturated heterocycles. The van der Waals surface area contributed by atoms with E-state index in [2.05, 4.69) is 65.8 Å². The van der Waals surface area contributed by atoms with E-state index in [4.69, 9.17) is 9.98 Å². The first-order valence-electron chi connectivity index (χ1n) is 13.8. The molecule has 4 nitrogen and oxygen atoms in total. The summed E-state index contributed by atoms with van der Waals surface area (Å²) in [4.78, 5) is 10.1. The minimum Gasteiger partial charge on any atom is -0.507 e. The normalized spacial score (nSPS) is 13.7. The molecule has 213 valence electrons. The molecule has 4 aromatic carbocycles. The summed E-state index contributed by atoms with van der Waals surface area (Å²) >= 11 is 0. The molecule has 0 bridgehead atoms. The third-order valence-electron chi connectivity index (χ3n) is 7.08. The van der Waals surface area contributed by atoms with Gasteiger partial charge in [0.1, 0.15) is 23.6 Å². The zero-order chi connectivity index (χ0) is 28.9. The molecule has 41 heavy (non-hydrogen) atoms. The molecule has 0 aliphatic carbocycles. The first-order chi connectivity index (χ1) is 19.0. The fourth-order valence-corrected chi connectivity index (χ4v) is 4.86. The van der Waals surface area contributed by atoms with Crippen LogP contribution in [0.15, 0.2) is 107 Å². The van der Waals surface area contributed by atoms with E-state index in [1.165, 1.54) is 0 Å². The maximum atomic E-state index is 11.1. The molecule has 2 N–H and O–H groups in total. The minimum absolute atomic E-state index is 0. The van der Waals surface area contributed by atoms with E-state index in [1.807, 2.05) is 72.8 Å². The van der Waals surface area contributed by atoms with Crippen LogP contribution in [-0.2, 0) is 27.9 Å². The number of rotatable bonds is 7. The molecule has 0 unspecified atom stereocenters. The Kier molecular flexibility index (Phi) is 10.4. The van der Waals surface area contributed by atoms with Gasteiger partial charge in [0.2, 0.25) is 0 Å². The van der Waals surface area contributed by atoms with Gasteiger partial charge in [-0.05, 0) is 45.2 Å². The van der Waals surface area contributed by atoms with Gasteiger partial charge in [-0.3, -0.25) is 9.98 Å². The second-order valence-corrected chi connectivity index (χ2v) is 12.3. The van der Waals surface area contributed by atoms with E-state index in [0.717, 1.165) is 22.3 Å². The third kappa shape index (κ3) is 7.75. The summed E-state index contributed by atoms with van der Waals surface area (Å²) in [5.41, 5.74) is 4.69. The van der Waals surface area contributed by atoms with Gasteiger partial charge in [0.25, 0.3) is 0 Å². The van der Waals surface area contributed by atoms with Crippen LogP contribution in [0.3, 0.4) is 0 Å². The summed E-state index contributed by atoms with van der Waals surface area (Å²) in [6.45, 7) is 12.5. The molecule has 0 aromatic heterocycles. The van der Waals surface area contributed by atoms with E-state index < -0.39 is 0 Å². The number of phenols is 2. The van der Waals surface area contributed by atoms with E-state index in [9.17, 15) is 10.2 Å². The van der Waals surface area contributed by atoms with Crippen molar-refractivity contribution in [2.24, 2.45) is 9.98 Å². The predicted molar refractivity (Wildman–Crippen MR) is 167 cm³/mol. The van der Waals surface area contributed by atoms with Crippen LogP contribution in [0.4, 0.5) is 0 Å². The van der Waals surface area contributed by atoms with Crippen LogP contribution < -0.4 is 0 Å². The molecular formula is C36H40MnN2O2. The van der Waals surface area contributed by atoms with Gasteiger partial charge in [0.05, 0.1) is 0 Å². The largest absolute Gasteiger partial charge is 0.507 e. The second kappa shape index (κ2) is 13.3. The maximum Gasteiger partial charge on any atom is 0.128 e. The van der Waals surface area contributed by atoms with E-state index >= 15 is 0 Å². The smallest absolute Gasteiger partial charge is 0.128 e. The average molecular weight is 588 g/mol. The van der Waals surface area contributed by atoms with Crippen molar-refractivity contribution in [2.45, 2.75) is 64.5 Å². The van der Waals surface area contributed by atoms with Crippen LogP contribution in [0.5, 0.6) is 11.5 Å². The number of aliphatic imine (C=N–C) groups is 2. The third-order valence-corrected chi connectivity index (χ3v) is 7.08. The van der Waals surface area contributed by atoms with Crippen molar-refractivity contribution in [2.75, 3.05) is 0 Å². The van der Waals surface area contributed by atoms with E-state index in [0.29, 0.717) is 11.1 Å². The van der Waals surface area contributed by atoms with Crippen LogP contribution in [0.2, 0.25) is 0 Å². The van der Waals surface area contributed by atoms with Crippen LogP contribution in [0.25, 0.3) is 0 Å². The molecule has 0 fully saturated rings. The van der Waals surface area contributed by atoms with Crippen molar-refractivity contribution >= 4 is 12.4 Å². The molecule has 0 aliphatic rings. The summed E-state index contributed by atoms with van der Waals surface area (Å²) in [5.74, 6) is 0.489. The van der Waals surface area contributed by atoms with Crippen molar-refractivity contribution in [1.82, 2.24) is 0 Å². The van der Waals surface area contributed by atoms with Crippen molar-refractivity contribution in [1.29, 1.82) is 0 Å². The van der Waals surface area contributed by atoms with Gasteiger partial charge in [-0.15, -0.1) is 0 Å². The number of benzene rings is 4. The fraction of sp³-hybridized carbons (Fsp3) is 0.278. The van der Waals surface area contributed by atoms with Gasteiger partial charge in [-0.25, -0.2) is 0 Å². The molecule has 2 atom stereocenters. The Hall–Kier alpha value is -3.66. The number of para-hydroxylation sites is 2. The number of hydrogen-bond donors (Lipinski definition) is 2. The zero-order valence-corrected chi connectivity index (χ0v) is 25.9. The Bertz CT molecular complexity index is 1370. The van der Waals surface area contributed by atoms with E-state index in [-0.39, 0.29) is 51.5 Å². The van der Waals surface area contributed by atoms with Crippen molar-refractivity contribution < 1.29 is 27.3 Å². The Morgan fingerprint density at radius 3 is 1.17 bits per heavy atom. The van der Waals surface area contributed by atoms with Crippen molar-refractivity contribution in [3.63, 3.8) is 0 Å². The maximum absolute atomic E-state index is 11.1. The van der Waals surface area contributed by atoms with Gasteiger partial charge in [0, 0.05) is 40.6 Å². The van der Waals surface area contributed by atoms with Gasteiger partial charge >= 0.3 is 0 Å². The number of phenolic OH excluding ortho intramolecular Hbond substituents is 2. The molecule has 4 aromatic rings. The fourth-order valence-electron chi connectivity index (χ4n) is 4.86. The van der Waals surface area contributed by atoms with Gasteiger partial charge in [-0.2, -0.15) is 0 Å². The molecule has 0 amide bonds. The molecule has 0 heterocycles. The first kappa shape index (κ1) is 31.9. The SMILES string of the molecule is CC(C)(C)c1cccc(C=N[C@H](c2ccccc2)[C@H](N=Cc2cccc(C(C)(C)C)c2O)c2ccccc2)c1O.[Mn]. The van der Waals surface area contributed by atoms with Crippen LogP contribution in [-0.4, -0.2) is 22.6 Å². The summed E-state index contributed by atoms with van der Waals surface area (Å²) in [7, 11) is 0. The molecular weight excluding hydrogens is 547 g/mol. The second-order valence-electron chi connectivity index (χ2n) is 12.3. The Morgan fingerprint density at radius 2 is 0.854 bits per heavy atom. The van der Waals surface area contributed by atoms with Crippen molar-refractivity contribution in [3.05, 3.63) is 130 Å². The molecule has 1 radical (unpaired) electrons. The minimum atomic E-state index is -0.370. The van der Waals surface area contributed by atoms with Gasteiger partial charge in [0.15, 0.2) is 0 Å². The molecule has 5 heteroatoms. The predicted octanol–water partition coefficient (Wildman–Crippen LogP) is 8.71. The number of nitrogens with zero attached hydrogens (tertiary/aromatic N) is 2. The molecule has 0 saturated carbocycles. The standard InChI is InChI=1S/C36H40N2O2.Mn/c1-35(2,3)29-21-13-19-27(33(29)39)23-37-31(25-15-9-7-10-16-25)32(26-17-11-8-12-18-26)38-24-28-20-14-22-30(34(28)40)36(4,5)6;/h7-24,31-32,39-40H,1-6H3;/t31-,32-;/m1./s1. The zero-order valence-electron chi connectivity index (χ0n) is 24.7. The Balaban J connectivity index is 0.00000462. The first-order valence-corrected chi connectivity index (χ1v) is 13.8. The topological polar surface area (TPSA) is 65.2 Å². The van der Waals surface area contributed by atoms with Crippen LogP contribution in [0, 0.1) is 0 Å². The summed E-state index contributed by atoms with van der Waals surface area (Å²) in [6.07, 6.45) is 3.51. The van der Waals surface area contributed by atoms with Crippen molar-refractivity contribution in [3.8, 4) is 11.5 Å². The quantitative estimate of drug-likeness (QED) is 0.168. The monoisotopic (exact) mass is 587 g/mol. The summed E-state index contributed by atoms with van der Waals surface area (Å²) in [5, 5.41) is 22.2.